The van der Waals surface area contributed by atoms with Gasteiger partial charge in [0.05, 0.1) is 24.0 Å². The van der Waals surface area contributed by atoms with E-state index in [0.717, 1.165) is 0 Å². The molecule has 198 valence electrons. The molecule has 38 heavy (non-hydrogen) atoms. The summed E-state index contributed by atoms with van der Waals surface area (Å²) in [5, 5.41) is 11.3. The van der Waals surface area contributed by atoms with E-state index in [1.165, 1.54) is 15.8 Å². The van der Waals surface area contributed by atoms with Crippen LogP contribution in [0.2, 0.25) is 0 Å². The van der Waals surface area contributed by atoms with Crippen molar-refractivity contribution < 1.29 is 23.5 Å². The average molecular weight is 518 g/mol. The standard InChI is InChI=1S/C28H31N5O5/c1-5-28(3,4)29-26(35)25(23-12-9-17-38-23)33(20-15-13-19(14-16-20)27(36)37-6-2)24(34)18-32-22-11-8-7-10-21(22)30-31-32/h7-17,25H,5-6,18H2,1-4H3,(H,29,35)/t25-/m1/s1. The van der Waals surface area contributed by atoms with Crippen LogP contribution in [0.4, 0.5) is 5.69 Å². The van der Waals surface area contributed by atoms with Gasteiger partial charge < -0.3 is 14.5 Å². The molecule has 0 aliphatic carbocycles. The van der Waals surface area contributed by atoms with Gasteiger partial charge in [0.2, 0.25) is 5.91 Å². The van der Waals surface area contributed by atoms with Crippen LogP contribution in [0.5, 0.6) is 0 Å². The topological polar surface area (TPSA) is 120 Å². The molecule has 4 rings (SSSR count). The fraction of sp³-hybridized carbons (Fsp3) is 0.321. The number of nitrogens with zero attached hydrogens (tertiary/aromatic N) is 4. The Balaban J connectivity index is 1.77. The van der Waals surface area contributed by atoms with Gasteiger partial charge >= 0.3 is 5.97 Å². The van der Waals surface area contributed by atoms with Gasteiger partial charge in [0.1, 0.15) is 17.8 Å². The summed E-state index contributed by atoms with van der Waals surface area (Å²) in [6.07, 6.45) is 2.13. The number of ether oxygens (including phenoxy) is 1. The Morgan fingerprint density at radius 1 is 1.05 bits per heavy atom. The van der Waals surface area contributed by atoms with Crippen LogP contribution < -0.4 is 10.2 Å². The molecule has 0 saturated carbocycles. The van der Waals surface area contributed by atoms with E-state index in [-0.39, 0.29) is 13.2 Å². The monoisotopic (exact) mass is 517 g/mol. The van der Waals surface area contributed by atoms with Crippen LogP contribution in [-0.2, 0) is 20.9 Å². The molecule has 2 amide bonds. The molecule has 0 spiro atoms. The highest BCUT2D eigenvalue weighted by Crippen LogP contribution is 2.30. The first-order valence-electron chi connectivity index (χ1n) is 12.5. The molecule has 0 aliphatic rings. The maximum absolute atomic E-state index is 14.0. The molecule has 0 fully saturated rings. The largest absolute Gasteiger partial charge is 0.467 e. The Labute approximate surface area is 220 Å². The number of furan rings is 1. The van der Waals surface area contributed by atoms with Crippen molar-refractivity contribution in [3.05, 3.63) is 78.3 Å². The molecule has 0 bridgehead atoms. The molecule has 2 heterocycles. The minimum Gasteiger partial charge on any atom is -0.467 e. The van der Waals surface area contributed by atoms with E-state index in [2.05, 4.69) is 15.6 Å². The van der Waals surface area contributed by atoms with Crippen LogP contribution in [0.1, 0.15) is 56.3 Å². The van der Waals surface area contributed by atoms with Gasteiger partial charge in [-0.1, -0.05) is 24.3 Å². The summed E-state index contributed by atoms with van der Waals surface area (Å²) in [5.41, 5.74) is 1.54. The molecule has 10 nitrogen and oxygen atoms in total. The third kappa shape index (κ3) is 5.74. The average Bonchev–Trinajstić information content (AvgIpc) is 3.58. The maximum Gasteiger partial charge on any atom is 0.338 e. The van der Waals surface area contributed by atoms with Crippen LogP contribution in [0.25, 0.3) is 11.0 Å². The molecule has 1 N–H and O–H groups in total. The number of amides is 2. The van der Waals surface area contributed by atoms with E-state index in [4.69, 9.17) is 9.15 Å². The fourth-order valence-electron chi connectivity index (χ4n) is 3.96. The van der Waals surface area contributed by atoms with Crippen LogP contribution in [0.15, 0.2) is 71.3 Å². The molecule has 2 aromatic heterocycles. The number of aromatic nitrogens is 3. The highest BCUT2D eigenvalue weighted by molar-refractivity contribution is 6.02. The second kappa shape index (κ2) is 11.3. The maximum atomic E-state index is 14.0. The molecule has 2 aromatic carbocycles. The first kappa shape index (κ1) is 26.6. The highest BCUT2D eigenvalue weighted by Gasteiger charge is 2.37. The molecule has 0 aliphatic heterocycles. The van der Waals surface area contributed by atoms with Crippen molar-refractivity contribution >= 4 is 34.5 Å². The summed E-state index contributed by atoms with van der Waals surface area (Å²) >= 11 is 0. The lowest BCUT2D eigenvalue weighted by Crippen LogP contribution is -2.51. The van der Waals surface area contributed by atoms with E-state index in [1.807, 2.05) is 39.0 Å². The van der Waals surface area contributed by atoms with Crippen molar-refractivity contribution in [2.45, 2.75) is 52.2 Å². The lowest BCUT2D eigenvalue weighted by molar-refractivity contribution is -0.128. The summed E-state index contributed by atoms with van der Waals surface area (Å²) in [7, 11) is 0. The first-order valence-corrected chi connectivity index (χ1v) is 12.5. The van der Waals surface area contributed by atoms with Crippen molar-refractivity contribution in [1.82, 2.24) is 20.3 Å². The van der Waals surface area contributed by atoms with Gasteiger partial charge in [-0.25, -0.2) is 9.48 Å². The second-order valence-electron chi connectivity index (χ2n) is 9.41. The Hall–Kier alpha value is -4.47. The van der Waals surface area contributed by atoms with Crippen molar-refractivity contribution in [1.29, 1.82) is 0 Å². The van der Waals surface area contributed by atoms with Gasteiger partial charge in [0.15, 0.2) is 6.04 Å². The molecular formula is C28H31N5O5. The SMILES string of the molecule is CCOC(=O)c1ccc(N(C(=O)Cn2nnc3ccccc32)[C@@H](C(=O)NC(C)(C)CC)c2ccco2)cc1. The number of hydrogen-bond donors (Lipinski definition) is 1. The minimum atomic E-state index is -1.12. The number of para-hydroxylation sites is 1. The number of rotatable bonds is 10. The van der Waals surface area contributed by atoms with Crippen LogP contribution in [0, 0.1) is 0 Å². The lowest BCUT2D eigenvalue weighted by Gasteiger charge is -2.33. The number of nitrogens with one attached hydrogen (secondary N) is 1. The van der Waals surface area contributed by atoms with Gasteiger partial charge in [-0.05, 0) is 75.7 Å². The third-order valence-corrected chi connectivity index (χ3v) is 6.30. The smallest absolute Gasteiger partial charge is 0.338 e. The predicted octanol–water partition coefficient (Wildman–Crippen LogP) is 4.28. The molecule has 0 unspecified atom stereocenters. The van der Waals surface area contributed by atoms with E-state index >= 15 is 0 Å². The summed E-state index contributed by atoms with van der Waals surface area (Å²) in [6.45, 7) is 7.57. The fourth-order valence-corrected chi connectivity index (χ4v) is 3.96. The van der Waals surface area contributed by atoms with Crippen molar-refractivity contribution in [2.24, 2.45) is 0 Å². The third-order valence-electron chi connectivity index (χ3n) is 6.30. The van der Waals surface area contributed by atoms with Gasteiger partial charge in [-0.15, -0.1) is 5.10 Å². The van der Waals surface area contributed by atoms with Crippen LogP contribution >= 0.6 is 0 Å². The Morgan fingerprint density at radius 2 is 1.79 bits per heavy atom. The Bertz CT molecular complexity index is 1410. The van der Waals surface area contributed by atoms with Crippen molar-refractivity contribution in [2.75, 3.05) is 11.5 Å². The number of carbonyl (C=O) groups excluding carboxylic acids is 3. The number of hydrogen-bond acceptors (Lipinski definition) is 7. The first-order chi connectivity index (χ1) is 18.2. The summed E-state index contributed by atoms with van der Waals surface area (Å²) in [4.78, 5) is 41.3. The number of benzene rings is 2. The summed E-state index contributed by atoms with van der Waals surface area (Å²) < 4.78 is 12.2. The van der Waals surface area contributed by atoms with Crippen LogP contribution in [0.3, 0.4) is 0 Å². The summed E-state index contributed by atoms with van der Waals surface area (Å²) in [6, 6.07) is 15.8. The Kier molecular flexibility index (Phi) is 7.90. The van der Waals surface area contributed by atoms with Gasteiger partial charge in [0.25, 0.3) is 5.91 Å². The van der Waals surface area contributed by atoms with Gasteiger partial charge in [0, 0.05) is 11.2 Å². The molecule has 0 radical (unpaired) electrons. The molecular weight excluding hydrogens is 486 g/mol. The molecule has 0 saturated heterocycles. The van der Waals surface area contributed by atoms with Gasteiger partial charge in [-0.2, -0.15) is 0 Å². The van der Waals surface area contributed by atoms with Crippen molar-refractivity contribution in [3.63, 3.8) is 0 Å². The second-order valence-corrected chi connectivity index (χ2v) is 9.41. The van der Waals surface area contributed by atoms with Crippen molar-refractivity contribution in [3.8, 4) is 0 Å². The van der Waals surface area contributed by atoms with E-state index in [1.54, 1.807) is 49.4 Å². The number of carbonyl (C=O) groups is 3. The minimum absolute atomic E-state index is 0.179. The number of fused-ring (bicyclic) bond motifs is 1. The Morgan fingerprint density at radius 3 is 2.45 bits per heavy atom. The zero-order valence-corrected chi connectivity index (χ0v) is 21.9. The van der Waals surface area contributed by atoms with Crippen LogP contribution in [-0.4, -0.2) is 44.9 Å². The number of esters is 1. The predicted molar refractivity (Wildman–Crippen MR) is 141 cm³/mol. The zero-order chi connectivity index (χ0) is 27.3. The highest BCUT2D eigenvalue weighted by atomic mass is 16.5. The zero-order valence-electron chi connectivity index (χ0n) is 21.9. The normalized spacial score (nSPS) is 12.2. The van der Waals surface area contributed by atoms with E-state index in [9.17, 15) is 14.4 Å². The molecule has 4 aromatic rings. The number of anilines is 1. The quantitative estimate of drug-likeness (QED) is 0.312. The van der Waals surface area contributed by atoms with E-state index in [0.29, 0.717) is 34.5 Å². The van der Waals surface area contributed by atoms with Gasteiger partial charge in [-0.3, -0.25) is 14.5 Å². The summed E-state index contributed by atoms with van der Waals surface area (Å²) in [5.74, 6) is -1.01. The van der Waals surface area contributed by atoms with E-state index < -0.39 is 29.4 Å². The molecule has 10 heteroatoms. The molecule has 1 atom stereocenters. The lowest BCUT2D eigenvalue weighted by atomic mass is 10.0.